The molecule has 16 heavy (non-hydrogen) atoms. The number of nitrogens with zero attached hydrogens (tertiary/aromatic N) is 1. The zero-order chi connectivity index (χ0) is 11.5. The first-order valence-electron chi connectivity index (χ1n) is 4.81. The second-order valence-corrected chi connectivity index (χ2v) is 3.89. The molecule has 5 heteroatoms. The Bertz CT molecular complexity index is 496. The molecule has 4 nitrogen and oxygen atoms in total. The molecular formula is C11H12ClN3O. The average Bonchev–Trinajstić information content (AvgIpc) is 2.64. The van der Waals surface area contributed by atoms with Crippen molar-refractivity contribution in [2.45, 2.75) is 6.42 Å². The molecule has 0 amide bonds. The molecule has 1 heterocycles. The van der Waals surface area contributed by atoms with Crippen molar-refractivity contribution in [2.24, 2.45) is 0 Å². The molecule has 0 radical (unpaired) electrons. The second kappa shape index (κ2) is 4.45. The Kier molecular flexibility index (Phi) is 3.01. The summed E-state index contributed by atoms with van der Waals surface area (Å²) in [4.78, 5) is 0. The van der Waals surface area contributed by atoms with E-state index in [9.17, 15) is 0 Å². The smallest absolute Gasteiger partial charge is 0.145 e. The maximum absolute atomic E-state index is 5.94. The van der Waals surface area contributed by atoms with Crippen LogP contribution in [0, 0.1) is 0 Å². The maximum Gasteiger partial charge on any atom is 0.145 e. The number of nitrogens with two attached hydrogens (primary N) is 1. The van der Waals surface area contributed by atoms with E-state index >= 15 is 0 Å². The van der Waals surface area contributed by atoms with Gasteiger partial charge in [-0.3, -0.25) is 5.10 Å². The predicted molar refractivity (Wildman–Crippen MR) is 63.8 cm³/mol. The fraction of sp³-hybridized carbons (Fsp3) is 0.182. The fourth-order valence-electron chi connectivity index (χ4n) is 1.56. The van der Waals surface area contributed by atoms with Crippen molar-refractivity contribution in [3.05, 3.63) is 40.5 Å². The van der Waals surface area contributed by atoms with Crippen molar-refractivity contribution < 1.29 is 4.74 Å². The number of halogens is 1. The Labute approximate surface area is 98.4 Å². The number of benzene rings is 1. The number of hydrogen-bond acceptors (Lipinski definition) is 3. The quantitative estimate of drug-likeness (QED) is 0.861. The summed E-state index contributed by atoms with van der Waals surface area (Å²) in [6.45, 7) is 0. The van der Waals surface area contributed by atoms with Gasteiger partial charge in [-0.2, -0.15) is 5.10 Å². The van der Waals surface area contributed by atoms with Gasteiger partial charge < -0.3 is 10.5 Å². The monoisotopic (exact) mass is 237 g/mol. The summed E-state index contributed by atoms with van der Waals surface area (Å²) in [7, 11) is 1.63. The number of methoxy groups -OCH3 is 1. The topological polar surface area (TPSA) is 63.9 Å². The van der Waals surface area contributed by atoms with Crippen LogP contribution in [-0.2, 0) is 6.42 Å². The van der Waals surface area contributed by atoms with Gasteiger partial charge in [0.25, 0.3) is 0 Å². The molecule has 0 fully saturated rings. The highest BCUT2D eigenvalue weighted by atomic mass is 35.5. The van der Waals surface area contributed by atoms with E-state index in [1.165, 1.54) is 0 Å². The molecule has 1 aromatic carbocycles. The lowest BCUT2D eigenvalue weighted by atomic mass is 10.1. The van der Waals surface area contributed by atoms with Gasteiger partial charge in [-0.25, -0.2) is 0 Å². The molecule has 2 aromatic rings. The normalized spacial score (nSPS) is 10.4. The van der Waals surface area contributed by atoms with Crippen LogP contribution in [0.15, 0.2) is 24.3 Å². The number of aromatic nitrogens is 2. The van der Waals surface area contributed by atoms with E-state index < -0.39 is 0 Å². The van der Waals surface area contributed by atoms with Crippen LogP contribution >= 0.6 is 11.6 Å². The minimum absolute atomic E-state index is 0.482. The molecule has 2 rings (SSSR count). The van der Waals surface area contributed by atoms with Crippen molar-refractivity contribution in [1.29, 1.82) is 0 Å². The Balaban J connectivity index is 2.29. The number of anilines is 1. The van der Waals surface area contributed by atoms with Crippen LogP contribution in [0.3, 0.4) is 0 Å². The van der Waals surface area contributed by atoms with Gasteiger partial charge >= 0.3 is 0 Å². The van der Waals surface area contributed by atoms with E-state index in [0.717, 1.165) is 17.0 Å². The highest BCUT2D eigenvalue weighted by Gasteiger charge is 2.06. The SMILES string of the molecule is COc1ccc(Cl)cc1Cc1cc(N)n[nH]1. The molecule has 84 valence electrons. The Morgan fingerprint density at radius 2 is 2.25 bits per heavy atom. The third kappa shape index (κ3) is 2.28. The molecule has 0 aliphatic rings. The number of aromatic amines is 1. The number of nitrogen functional groups attached to an aromatic ring is 1. The maximum atomic E-state index is 5.94. The van der Waals surface area contributed by atoms with Crippen LogP contribution in [-0.4, -0.2) is 17.3 Å². The molecule has 0 spiro atoms. The van der Waals surface area contributed by atoms with Crippen molar-refractivity contribution in [3.63, 3.8) is 0 Å². The predicted octanol–water partition coefficient (Wildman–Crippen LogP) is 2.24. The van der Waals surface area contributed by atoms with Gasteiger partial charge in [0.2, 0.25) is 0 Å². The molecule has 0 aliphatic carbocycles. The van der Waals surface area contributed by atoms with Crippen LogP contribution in [0.25, 0.3) is 0 Å². The van der Waals surface area contributed by atoms with Crippen LogP contribution in [0.5, 0.6) is 5.75 Å². The Morgan fingerprint density at radius 3 is 2.88 bits per heavy atom. The molecule has 0 saturated heterocycles. The second-order valence-electron chi connectivity index (χ2n) is 3.45. The zero-order valence-corrected chi connectivity index (χ0v) is 9.58. The van der Waals surface area contributed by atoms with Gasteiger partial charge in [0.05, 0.1) is 7.11 Å². The number of rotatable bonds is 3. The summed E-state index contributed by atoms with van der Waals surface area (Å²) in [5.74, 6) is 1.29. The van der Waals surface area contributed by atoms with Crippen molar-refractivity contribution in [2.75, 3.05) is 12.8 Å². The fourth-order valence-corrected chi connectivity index (χ4v) is 1.76. The Hall–Kier alpha value is -1.68. The number of H-pyrrole nitrogens is 1. The Morgan fingerprint density at radius 1 is 1.44 bits per heavy atom. The van der Waals surface area contributed by atoms with Gasteiger partial charge in [-0.1, -0.05) is 11.6 Å². The third-order valence-electron chi connectivity index (χ3n) is 2.27. The third-order valence-corrected chi connectivity index (χ3v) is 2.51. The van der Waals surface area contributed by atoms with Crippen molar-refractivity contribution in [3.8, 4) is 5.75 Å². The summed E-state index contributed by atoms with van der Waals surface area (Å²) in [6, 6.07) is 7.31. The number of nitrogens with one attached hydrogen (secondary N) is 1. The molecule has 0 aliphatic heterocycles. The number of ether oxygens (including phenoxy) is 1. The molecular weight excluding hydrogens is 226 g/mol. The van der Waals surface area contributed by atoms with E-state index in [2.05, 4.69) is 10.2 Å². The summed E-state index contributed by atoms with van der Waals surface area (Å²) in [5.41, 5.74) is 7.46. The van der Waals surface area contributed by atoms with Crippen molar-refractivity contribution >= 4 is 17.4 Å². The first-order valence-corrected chi connectivity index (χ1v) is 5.19. The van der Waals surface area contributed by atoms with E-state index in [-0.39, 0.29) is 0 Å². The zero-order valence-electron chi connectivity index (χ0n) is 8.83. The first-order chi connectivity index (χ1) is 7.69. The highest BCUT2D eigenvalue weighted by molar-refractivity contribution is 6.30. The van der Waals surface area contributed by atoms with Gasteiger partial charge in [0, 0.05) is 28.8 Å². The number of hydrogen-bond donors (Lipinski definition) is 2. The average molecular weight is 238 g/mol. The van der Waals surface area contributed by atoms with Crippen LogP contribution in [0.1, 0.15) is 11.3 Å². The van der Waals surface area contributed by atoms with Crippen LogP contribution in [0.4, 0.5) is 5.82 Å². The molecule has 0 bridgehead atoms. The molecule has 0 unspecified atom stereocenters. The summed E-state index contributed by atoms with van der Waals surface area (Å²) < 4.78 is 5.26. The van der Waals surface area contributed by atoms with Gasteiger partial charge in [-0.15, -0.1) is 0 Å². The molecule has 1 aromatic heterocycles. The minimum atomic E-state index is 0.482. The minimum Gasteiger partial charge on any atom is -0.496 e. The van der Waals surface area contributed by atoms with E-state index in [4.69, 9.17) is 22.1 Å². The van der Waals surface area contributed by atoms with Gasteiger partial charge in [-0.05, 0) is 18.2 Å². The summed E-state index contributed by atoms with van der Waals surface area (Å²) in [5, 5.41) is 7.40. The van der Waals surface area contributed by atoms with Gasteiger partial charge in [0.15, 0.2) is 0 Å². The lowest BCUT2D eigenvalue weighted by molar-refractivity contribution is 0.410. The molecule has 0 saturated carbocycles. The van der Waals surface area contributed by atoms with Gasteiger partial charge in [0.1, 0.15) is 11.6 Å². The van der Waals surface area contributed by atoms with E-state index in [1.54, 1.807) is 19.2 Å². The van der Waals surface area contributed by atoms with Crippen LogP contribution < -0.4 is 10.5 Å². The lowest BCUT2D eigenvalue weighted by Crippen LogP contribution is -1.94. The summed E-state index contributed by atoms with van der Waals surface area (Å²) in [6.07, 6.45) is 0.661. The largest absolute Gasteiger partial charge is 0.496 e. The molecule has 3 N–H and O–H groups in total. The first kappa shape index (κ1) is 10.8. The van der Waals surface area contributed by atoms with E-state index in [1.807, 2.05) is 12.1 Å². The van der Waals surface area contributed by atoms with Crippen molar-refractivity contribution in [1.82, 2.24) is 10.2 Å². The lowest BCUT2D eigenvalue weighted by Gasteiger charge is -2.07. The van der Waals surface area contributed by atoms with Crippen LogP contribution in [0.2, 0.25) is 5.02 Å². The highest BCUT2D eigenvalue weighted by Crippen LogP contribution is 2.24. The van der Waals surface area contributed by atoms with E-state index in [0.29, 0.717) is 17.3 Å². The molecule has 0 atom stereocenters. The standard InChI is InChI=1S/C11H12ClN3O/c1-16-10-3-2-8(12)4-7(10)5-9-6-11(13)15-14-9/h2-4,6H,5H2,1H3,(H3,13,14,15). The summed E-state index contributed by atoms with van der Waals surface area (Å²) >= 11 is 5.94.